The number of fused-ring (bicyclic) bond motifs is 3. The molecule has 6 aromatic carbocycles. The van der Waals surface area contributed by atoms with Crippen LogP contribution in [0.5, 0.6) is 0 Å². The maximum Gasteiger partial charge on any atom is 0.107 e. The third-order valence-electron chi connectivity index (χ3n) is 9.05. The highest BCUT2D eigenvalue weighted by Gasteiger charge is 2.25. The van der Waals surface area contributed by atoms with Crippen molar-refractivity contribution in [2.24, 2.45) is 0 Å². The van der Waals surface area contributed by atoms with E-state index in [0.29, 0.717) is 11.4 Å². The van der Waals surface area contributed by atoms with Crippen LogP contribution in [0.1, 0.15) is 0 Å². The van der Waals surface area contributed by atoms with Crippen LogP contribution in [0.4, 0.5) is 0 Å². The lowest BCUT2D eigenvalue weighted by Gasteiger charge is -2.17. The van der Waals surface area contributed by atoms with Crippen LogP contribution in [-0.4, -0.2) is 35.8 Å². The fraction of sp³-hybridized carbons (Fsp3) is 0. The van der Waals surface area contributed by atoms with Gasteiger partial charge in [0.1, 0.15) is 11.4 Å². The van der Waals surface area contributed by atoms with Crippen LogP contribution >= 0.6 is 0 Å². The lowest BCUT2D eigenvalue weighted by atomic mass is 9.88. The largest absolute Gasteiger partial charge is 0.354 e. The van der Waals surface area contributed by atoms with Crippen LogP contribution < -0.4 is 0 Å². The van der Waals surface area contributed by atoms with Gasteiger partial charge in [-0.1, -0.05) is 140 Å². The lowest BCUT2D eigenvalue weighted by Crippen LogP contribution is -2.01. The molecule has 9 rings (SSSR count). The first-order valence-corrected chi connectivity index (χ1v) is 16.1. The smallest absolute Gasteiger partial charge is 0.107 e. The highest BCUT2D eigenvalue weighted by atomic mass is 15.3. The van der Waals surface area contributed by atoms with Crippen molar-refractivity contribution >= 4 is 21.8 Å². The van der Waals surface area contributed by atoms with E-state index >= 15 is 0 Å². The van der Waals surface area contributed by atoms with Crippen LogP contribution in [0.15, 0.2) is 158 Å². The number of nitrogens with zero attached hydrogens (tertiary/aromatic N) is 6. The molecule has 230 valence electrons. The Balaban J connectivity index is 1.35. The summed E-state index contributed by atoms with van der Waals surface area (Å²) in [5, 5.41) is 28.7. The maximum atomic E-state index is 4.79. The molecule has 0 aliphatic heterocycles. The third kappa shape index (κ3) is 4.92. The van der Waals surface area contributed by atoms with Gasteiger partial charge in [0.15, 0.2) is 0 Å². The predicted molar refractivity (Wildman–Crippen MR) is 195 cm³/mol. The minimum atomic E-state index is 0.687. The summed E-state index contributed by atoms with van der Waals surface area (Å²) in [5.74, 6) is 0. The van der Waals surface area contributed by atoms with E-state index < -0.39 is 0 Å². The summed E-state index contributed by atoms with van der Waals surface area (Å²) in [6.45, 7) is 0. The van der Waals surface area contributed by atoms with Gasteiger partial charge in [0.25, 0.3) is 0 Å². The quantitative estimate of drug-likeness (QED) is 0.197. The Kier molecular flexibility index (Phi) is 6.98. The van der Waals surface area contributed by atoms with E-state index in [2.05, 4.69) is 141 Å². The molecule has 9 aromatic rings. The average molecular weight is 630 g/mol. The van der Waals surface area contributed by atoms with Crippen LogP contribution in [-0.2, 0) is 0 Å². The average Bonchev–Trinajstić information content (AvgIpc) is 3.57. The number of nitrogens with one attached hydrogen (secondary N) is 1. The fourth-order valence-electron chi connectivity index (χ4n) is 6.85. The molecule has 0 radical (unpaired) electrons. The van der Waals surface area contributed by atoms with Crippen LogP contribution in [0.3, 0.4) is 0 Å². The second kappa shape index (κ2) is 12.1. The molecule has 0 atom stereocenters. The lowest BCUT2D eigenvalue weighted by molar-refractivity contribution is 0.869. The summed E-state index contributed by atoms with van der Waals surface area (Å²) in [7, 11) is 0. The van der Waals surface area contributed by atoms with E-state index in [1.807, 2.05) is 30.3 Å². The Bertz CT molecular complexity index is 2610. The van der Waals surface area contributed by atoms with E-state index in [4.69, 9.17) is 10.2 Å². The molecule has 0 spiro atoms. The number of aromatic nitrogens is 7. The number of rotatable bonds is 6. The topological polar surface area (TPSA) is 93.1 Å². The number of aromatic amines is 1. The SMILES string of the molecule is c1ccc(-c2ccccc2-c2cnnnc2-c2ccc3c([nH]c4ccccc43)c2-c2nnncc2-c2ccccc2-c2ccccc2)cc1. The second-order valence-corrected chi connectivity index (χ2v) is 11.8. The van der Waals surface area contributed by atoms with Crippen molar-refractivity contribution in [1.82, 2.24) is 35.8 Å². The molecule has 1 N–H and O–H groups in total. The highest BCUT2D eigenvalue weighted by molar-refractivity contribution is 6.16. The van der Waals surface area contributed by atoms with Crippen molar-refractivity contribution in [1.29, 1.82) is 0 Å². The van der Waals surface area contributed by atoms with Gasteiger partial charge in [-0.2, -0.15) is 0 Å². The second-order valence-electron chi connectivity index (χ2n) is 11.8. The first-order chi connectivity index (χ1) is 24.3. The van der Waals surface area contributed by atoms with Gasteiger partial charge in [0.05, 0.1) is 17.9 Å². The number of benzene rings is 6. The van der Waals surface area contributed by atoms with E-state index in [1.165, 1.54) is 0 Å². The van der Waals surface area contributed by atoms with Crippen molar-refractivity contribution < 1.29 is 0 Å². The van der Waals surface area contributed by atoms with Gasteiger partial charge >= 0.3 is 0 Å². The zero-order valence-electron chi connectivity index (χ0n) is 26.2. The molecule has 3 aromatic heterocycles. The van der Waals surface area contributed by atoms with Gasteiger partial charge in [-0.05, 0) is 49.9 Å². The Hall–Kier alpha value is -6.86. The number of H-pyrrole nitrogens is 1. The predicted octanol–water partition coefficient (Wildman–Crippen LogP) is 9.69. The molecule has 0 saturated carbocycles. The van der Waals surface area contributed by atoms with Gasteiger partial charge < -0.3 is 4.98 Å². The molecule has 0 unspecified atom stereocenters. The molecular weight excluding hydrogens is 603 g/mol. The summed E-state index contributed by atoms with van der Waals surface area (Å²) in [5.41, 5.74) is 13.1. The molecule has 0 aliphatic carbocycles. The molecular formula is C42H27N7. The van der Waals surface area contributed by atoms with Gasteiger partial charge in [0, 0.05) is 38.5 Å². The van der Waals surface area contributed by atoms with Crippen molar-refractivity contribution in [3.8, 4) is 67.0 Å². The molecule has 0 saturated heterocycles. The first kappa shape index (κ1) is 28.4. The van der Waals surface area contributed by atoms with Crippen molar-refractivity contribution in [3.63, 3.8) is 0 Å². The Labute approximate surface area is 282 Å². The molecule has 0 bridgehead atoms. The number of para-hydroxylation sites is 1. The fourth-order valence-corrected chi connectivity index (χ4v) is 6.85. The standard InChI is InChI=1S/C42H27N7/c1-3-13-27(14-4-1)29-17-7-9-19-31(29)36-25-43-48-46-40(36)35-24-23-34-33-21-11-12-22-38(33)45-41(34)39(35)42-37(26-44-49-47-42)32-20-10-8-18-30(32)28-15-5-2-6-16-28/h1-26,45H. The molecule has 3 heterocycles. The zero-order chi connectivity index (χ0) is 32.6. The minimum absolute atomic E-state index is 0.687. The molecule has 0 amide bonds. The minimum Gasteiger partial charge on any atom is -0.354 e. The Morgan fingerprint density at radius 3 is 1.51 bits per heavy atom. The molecule has 49 heavy (non-hydrogen) atoms. The Morgan fingerprint density at radius 1 is 0.367 bits per heavy atom. The van der Waals surface area contributed by atoms with Crippen LogP contribution in [0.25, 0.3) is 88.8 Å². The van der Waals surface area contributed by atoms with Gasteiger partial charge in [-0.15, -0.1) is 20.4 Å². The normalized spacial score (nSPS) is 11.3. The third-order valence-corrected chi connectivity index (χ3v) is 9.05. The first-order valence-electron chi connectivity index (χ1n) is 16.1. The van der Waals surface area contributed by atoms with E-state index in [-0.39, 0.29) is 0 Å². The van der Waals surface area contributed by atoms with Crippen molar-refractivity contribution in [2.75, 3.05) is 0 Å². The van der Waals surface area contributed by atoms with Crippen LogP contribution in [0.2, 0.25) is 0 Å². The summed E-state index contributed by atoms with van der Waals surface area (Å²) in [4.78, 5) is 3.72. The summed E-state index contributed by atoms with van der Waals surface area (Å²) in [6.07, 6.45) is 3.60. The van der Waals surface area contributed by atoms with E-state index in [9.17, 15) is 0 Å². The van der Waals surface area contributed by atoms with Gasteiger partial charge in [-0.25, -0.2) is 0 Å². The molecule has 7 heteroatoms. The molecule has 7 nitrogen and oxygen atoms in total. The van der Waals surface area contributed by atoms with Gasteiger partial charge in [-0.3, -0.25) is 0 Å². The van der Waals surface area contributed by atoms with Crippen LogP contribution in [0, 0.1) is 0 Å². The molecule has 0 fully saturated rings. The Morgan fingerprint density at radius 2 is 0.878 bits per heavy atom. The summed E-state index contributed by atoms with van der Waals surface area (Å²) in [6, 6.07) is 50.0. The van der Waals surface area contributed by atoms with E-state index in [0.717, 1.165) is 77.4 Å². The molecule has 0 aliphatic rings. The zero-order valence-corrected chi connectivity index (χ0v) is 26.2. The maximum absolute atomic E-state index is 4.79. The van der Waals surface area contributed by atoms with E-state index in [1.54, 1.807) is 12.4 Å². The monoisotopic (exact) mass is 629 g/mol. The van der Waals surface area contributed by atoms with Crippen molar-refractivity contribution in [2.45, 2.75) is 0 Å². The number of hydrogen-bond donors (Lipinski definition) is 1. The number of hydrogen-bond acceptors (Lipinski definition) is 6. The van der Waals surface area contributed by atoms with Gasteiger partial charge in [0.2, 0.25) is 0 Å². The summed E-state index contributed by atoms with van der Waals surface area (Å²) < 4.78 is 0. The van der Waals surface area contributed by atoms with Crippen molar-refractivity contribution in [3.05, 3.63) is 158 Å². The summed E-state index contributed by atoms with van der Waals surface area (Å²) >= 11 is 0. The highest BCUT2D eigenvalue weighted by Crippen LogP contribution is 2.46.